The number of carbonyl (C=O) groups is 2. The van der Waals surface area contributed by atoms with Gasteiger partial charge in [-0.25, -0.2) is 9.88 Å². The van der Waals surface area contributed by atoms with Gasteiger partial charge in [-0.2, -0.15) is 0 Å². The zero-order valence-corrected chi connectivity index (χ0v) is 10.6. The number of imide groups is 1. The Labute approximate surface area is 114 Å². The molecule has 1 aliphatic rings. The van der Waals surface area contributed by atoms with Gasteiger partial charge in [-0.3, -0.25) is 14.6 Å². The number of rotatable bonds is 2. The van der Waals surface area contributed by atoms with Gasteiger partial charge in [-0.05, 0) is 19.1 Å². The Morgan fingerprint density at radius 2 is 1.60 bits per heavy atom. The van der Waals surface area contributed by atoms with Crippen molar-refractivity contribution in [2.24, 2.45) is 0 Å². The van der Waals surface area contributed by atoms with Gasteiger partial charge >= 0.3 is 0 Å². The minimum absolute atomic E-state index is 0.0775. The van der Waals surface area contributed by atoms with Gasteiger partial charge in [0, 0.05) is 12.4 Å². The third kappa shape index (κ3) is 1.70. The minimum atomic E-state index is -0.928. The van der Waals surface area contributed by atoms with Crippen molar-refractivity contribution in [3.05, 3.63) is 53.5 Å². The molecule has 1 unspecified atom stereocenters. The predicted molar refractivity (Wildman–Crippen MR) is 70.2 cm³/mol. The molecule has 1 N–H and O–H groups in total. The van der Waals surface area contributed by atoms with E-state index < -0.39 is 17.9 Å². The molecule has 1 aromatic carbocycles. The first-order valence-corrected chi connectivity index (χ1v) is 6.08. The van der Waals surface area contributed by atoms with E-state index in [1.165, 1.54) is 19.3 Å². The first-order valence-electron chi connectivity index (χ1n) is 6.08. The van der Waals surface area contributed by atoms with E-state index in [0.29, 0.717) is 11.1 Å². The summed E-state index contributed by atoms with van der Waals surface area (Å²) in [6.45, 7) is 1.51. The third-order valence-corrected chi connectivity index (χ3v) is 3.11. The molecule has 20 heavy (non-hydrogen) atoms. The number of hydrogen-bond acceptors (Lipinski definition) is 5. The van der Waals surface area contributed by atoms with Crippen LogP contribution in [0.2, 0.25) is 0 Å². The molecule has 0 fully saturated rings. The van der Waals surface area contributed by atoms with Gasteiger partial charge < -0.3 is 5.11 Å². The molecule has 6 heteroatoms. The number of aromatic nitrogens is 2. The van der Waals surface area contributed by atoms with Crippen LogP contribution in [0, 0.1) is 0 Å². The van der Waals surface area contributed by atoms with Crippen LogP contribution in [0.15, 0.2) is 36.7 Å². The monoisotopic (exact) mass is 269 g/mol. The smallest absolute Gasteiger partial charge is 0.267 e. The van der Waals surface area contributed by atoms with Gasteiger partial charge in [0.1, 0.15) is 5.69 Å². The first-order chi connectivity index (χ1) is 9.61. The first kappa shape index (κ1) is 12.4. The van der Waals surface area contributed by atoms with E-state index in [0.717, 1.165) is 4.90 Å². The number of fused-ring (bicyclic) bond motifs is 1. The maximum atomic E-state index is 12.3. The largest absolute Gasteiger partial charge is 0.387 e. The molecule has 0 bridgehead atoms. The summed E-state index contributed by atoms with van der Waals surface area (Å²) >= 11 is 0. The summed E-state index contributed by atoms with van der Waals surface area (Å²) in [5.41, 5.74) is 0.862. The summed E-state index contributed by atoms with van der Waals surface area (Å²) < 4.78 is 0. The second kappa shape index (κ2) is 4.50. The Balaban J connectivity index is 2.15. The fourth-order valence-electron chi connectivity index (χ4n) is 2.19. The van der Waals surface area contributed by atoms with Crippen LogP contribution in [0.5, 0.6) is 0 Å². The topological polar surface area (TPSA) is 83.4 Å². The molecular weight excluding hydrogens is 258 g/mol. The van der Waals surface area contributed by atoms with Crippen molar-refractivity contribution in [3.8, 4) is 0 Å². The molecule has 0 saturated heterocycles. The molecule has 1 atom stereocenters. The quantitative estimate of drug-likeness (QED) is 0.831. The second-order valence-corrected chi connectivity index (χ2v) is 4.43. The number of benzene rings is 1. The lowest BCUT2D eigenvalue weighted by atomic mass is 10.1. The number of hydrogen-bond donors (Lipinski definition) is 1. The highest BCUT2D eigenvalue weighted by atomic mass is 16.3. The van der Waals surface area contributed by atoms with E-state index in [4.69, 9.17) is 0 Å². The Bertz CT molecular complexity index is 677. The molecule has 2 aromatic rings. The van der Waals surface area contributed by atoms with Crippen LogP contribution in [-0.4, -0.2) is 26.9 Å². The zero-order chi connectivity index (χ0) is 14.3. The van der Waals surface area contributed by atoms with Crippen molar-refractivity contribution >= 4 is 17.6 Å². The van der Waals surface area contributed by atoms with Crippen molar-refractivity contribution in [1.82, 2.24) is 9.97 Å². The minimum Gasteiger partial charge on any atom is -0.387 e. The van der Waals surface area contributed by atoms with E-state index in [1.807, 2.05) is 0 Å². The lowest BCUT2D eigenvalue weighted by Crippen LogP contribution is -2.31. The highest BCUT2D eigenvalue weighted by molar-refractivity contribution is 6.34. The van der Waals surface area contributed by atoms with Crippen LogP contribution in [-0.2, 0) is 0 Å². The Morgan fingerprint density at radius 1 is 1.05 bits per heavy atom. The number of nitrogens with zero attached hydrogens (tertiary/aromatic N) is 3. The average molecular weight is 269 g/mol. The molecule has 0 spiro atoms. The predicted octanol–water partition coefficient (Wildman–Crippen LogP) is 1.33. The van der Waals surface area contributed by atoms with Gasteiger partial charge in [0.05, 0.1) is 17.2 Å². The van der Waals surface area contributed by atoms with Crippen LogP contribution >= 0.6 is 0 Å². The lowest BCUT2D eigenvalue weighted by Gasteiger charge is -2.16. The average Bonchev–Trinajstić information content (AvgIpc) is 2.71. The third-order valence-electron chi connectivity index (χ3n) is 3.11. The van der Waals surface area contributed by atoms with Crippen molar-refractivity contribution < 1.29 is 14.7 Å². The van der Waals surface area contributed by atoms with E-state index in [1.54, 1.807) is 24.3 Å². The SMILES string of the molecule is CC(O)c1nccnc1N1C(=O)c2ccccc2C1=O. The molecule has 0 saturated carbocycles. The normalized spacial score (nSPS) is 15.4. The van der Waals surface area contributed by atoms with Gasteiger partial charge in [0.15, 0.2) is 5.82 Å². The van der Waals surface area contributed by atoms with Gasteiger partial charge in [-0.15, -0.1) is 0 Å². The standard InChI is InChI=1S/C14H11N3O3/c1-8(18)11-12(16-7-6-15-11)17-13(19)9-4-2-3-5-10(9)14(17)20/h2-8,18H,1H3. The summed E-state index contributed by atoms with van der Waals surface area (Å²) in [6, 6.07) is 6.57. The van der Waals surface area contributed by atoms with Gasteiger partial charge in [0.25, 0.3) is 11.8 Å². The Hall–Kier alpha value is -2.60. The maximum absolute atomic E-state index is 12.3. The Morgan fingerprint density at radius 3 is 2.15 bits per heavy atom. The van der Waals surface area contributed by atoms with Gasteiger partial charge in [-0.1, -0.05) is 12.1 Å². The van der Waals surface area contributed by atoms with E-state index in [9.17, 15) is 14.7 Å². The number of anilines is 1. The Kier molecular flexibility index (Phi) is 2.80. The van der Waals surface area contributed by atoms with Crippen molar-refractivity contribution in [1.29, 1.82) is 0 Å². The zero-order valence-electron chi connectivity index (χ0n) is 10.6. The van der Waals surface area contributed by atoms with Crippen LogP contribution in [0.1, 0.15) is 39.4 Å². The number of aliphatic hydroxyl groups is 1. The summed E-state index contributed by atoms with van der Waals surface area (Å²) in [7, 11) is 0. The molecule has 1 aliphatic heterocycles. The molecular formula is C14H11N3O3. The molecule has 2 amide bonds. The molecule has 100 valence electrons. The molecule has 6 nitrogen and oxygen atoms in total. The molecule has 0 radical (unpaired) electrons. The van der Waals surface area contributed by atoms with Crippen LogP contribution in [0.4, 0.5) is 5.82 Å². The number of amides is 2. The van der Waals surface area contributed by atoms with Crippen molar-refractivity contribution in [2.75, 3.05) is 4.90 Å². The summed E-state index contributed by atoms with van der Waals surface area (Å²) in [6.07, 6.45) is 1.86. The molecule has 3 rings (SSSR count). The summed E-state index contributed by atoms with van der Waals surface area (Å²) in [5.74, 6) is -0.824. The fraction of sp³-hybridized carbons (Fsp3) is 0.143. The van der Waals surface area contributed by atoms with Crippen molar-refractivity contribution in [3.63, 3.8) is 0 Å². The molecule has 1 aromatic heterocycles. The fourth-order valence-corrected chi connectivity index (χ4v) is 2.19. The highest BCUT2D eigenvalue weighted by Gasteiger charge is 2.38. The molecule has 2 heterocycles. The van der Waals surface area contributed by atoms with Gasteiger partial charge in [0.2, 0.25) is 0 Å². The van der Waals surface area contributed by atoms with E-state index >= 15 is 0 Å². The summed E-state index contributed by atoms with van der Waals surface area (Å²) in [4.78, 5) is 33.7. The maximum Gasteiger partial charge on any atom is 0.267 e. The molecule has 0 aliphatic carbocycles. The van der Waals surface area contributed by atoms with Crippen molar-refractivity contribution in [2.45, 2.75) is 13.0 Å². The van der Waals surface area contributed by atoms with Crippen LogP contribution in [0.25, 0.3) is 0 Å². The van der Waals surface area contributed by atoms with Crippen LogP contribution in [0.3, 0.4) is 0 Å². The highest BCUT2D eigenvalue weighted by Crippen LogP contribution is 2.30. The lowest BCUT2D eigenvalue weighted by molar-refractivity contribution is 0.0923. The van der Waals surface area contributed by atoms with E-state index in [-0.39, 0.29) is 11.5 Å². The second-order valence-electron chi connectivity index (χ2n) is 4.43. The summed E-state index contributed by atoms with van der Waals surface area (Å²) in [5, 5.41) is 9.70. The number of aliphatic hydroxyl groups excluding tert-OH is 1. The van der Waals surface area contributed by atoms with E-state index in [2.05, 4.69) is 9.97 Å². The number of carbonyl (C=O) groups excluding carboxylic acids is 2. The van der Waals surface area contributed by atoms with Crippen LogP contribution < -0.4 is 4.90 Å².